The van der Waals surface area contributed by atoms with Crippen LogP contribution in [0.15, 0.2) is 35.1 Å². The minimum atomic E-state index is -0.00685. The highest BCUT2D eigenvalue weighted by molar-refractivity contribution is 5.83. The number of carbonyl (C=O) groups is 1. The van der Waals surface area contributed by atoms with Crippen LogP contribution >= 0.6 is 0 Å². The van der Waals surface area contributed by atoms with Gasteiger partial charge in [0.25, 0.3) is 0 Å². The van der Waals surface area contributed by atoms with Gasteiger partial charge in [0, 0.05) is 22.7 Å². The quantitative estimate of drug-likeness (QED) is 0.613. The molecule has 3 heteroatoms. The minimum absolute atomic E-state index is 0.00685. The van der Waals surface area contributed by atoms with Gasteiger partial charge in [-0.15, -0.1) is 0 Å². The summed E-state index contributed by atoms with van der Waals surface area (Å²) in [6.45, 7) is 1.85. The minimum Gasteiger partial charge on any atom is -0.358 e. The second-order valence-corrected chi connectivity index (χ2v) is 3.62. The highest BCUT2D eigenvalue weighted by atomic mass is 16.1. The van der Waals surface area contributed by atoms with E-state index in [1.54, 1.807) is 18.2 Å². The maximum atomic E-state index is 11.7. The molecule has 80 valence electrons. The van der Waals surface area contributed by atoms with Gasteiger partial charge >= 0.3 is 0 Å². The monoisotopic (exact) mass is 213 g/mol. The van der Waals surface area contributed by atoms with E-state index in [9.17, 15) is 9.59 Å². The molecule has 0 bridgehead atoms. The highest BCUT2D eigenvalue weighted by Gasteiger charge is 1.99. The number of benzene rings is 1. The van der Waals surface area contributed by atoms with E-state index in [0.29, 0.717) is 11.7 Å². The van der Waals surface area contributed by atoms with E-state index < -0.39 is 0 Å². The van der Waals surface area contributed by atoms with Crippen molar-refractivity contribution >= 4 is 23.3 Å². The molecule has 0 saturated carbocycles. The molecule has 0 aliphatic carbocycles. The van der Waals surface area contributed by atoms with Crippen LogP contribution in [0.1, 0.15) is 11.3 Å². The van der Waals surface area contributed by atoms with Crippen LogP contribution in [0.5, 0.6) is 0 Å². The molecule has 1 heterocycles. The first kappa shape index (κ1) is 10.4. The number of pyridine rings is 1. The van der Waals surface area contributed by atoms with E-state index >= 15 is 0 Å². The number of nitrogens with one attached hydrogen (secondary N) is 1. The Balaban J connectivity index is 2.66. The van der Waals surface area contributed by atoms with Crippen molar-refractivity contribution in [1.29, 1.82) is 0 Å². The van der Waals surface area contributed by atoms with Gasteiger partial charge in [0.05, 0.1) is 0 Å². The standard InChI is InChI=1S/C13H11NO2/c1-9-7-13(16)11-8-10(3-2-6-15)4-5-12(11)14-9/h2-8H,1H3,(H,14,16). The molecule has 0 saturated heterocycles. The first-order chi connectivity index (χ1) is 7.70. The van der Waals surface area contributed by atoms with Crippen LogP contribution in [0.25, 0.3) is 17.0 Å². The van der Waals surface area contributed by atoms with Gasteiger partial charge in [-0.1, -0.05) is 12.1 Å². The lowest BCUT2D eigenvalue weighted by Crippen LogP contribution is -2.02. The van der Waals surface area contributed by atoms with Crippen LogP contribution in [-0.2, 0) is 4.79 Å². The van der Waals surface area contributed by atoms with Gasteiger partial charge < -0.3 is 4.98 Å². The summed E-state index contributed by atoms with van der Waals surface area (Å²) in [5, 5.41) is 0.638. The van der Waals surface area contributed by atoms with Crippen molar-refractivity contribution < 1.29 is 4.79 Å². The van der Waals surface area contributed by atoms with Crippen molar-refractivity contribution in [3.8, 4) is 0 Å². The number of aromatic amines is 1. The molecule has 16 heavy (non-hydrogen) atoms. The molecule has 0 fully saturated rings. The zero-order chi connectivity index (χ0) is 11.5. The Morgan fingerprint density at radius 2 is 2.06 bits per heavy atom. The van der Waals surface area contributed by atoms with E-state index in [-0.39, 0.29) is 5.43 Å². The van der Waals surface area contributed by atoms with E-state index in [1.807, 2.05) is 19.1 Å². The fraction of sp³-hybridized carbons (Fsp3) is 0.0769. The third-order valence-corrected chi connectivity index (χ3v) is 2.36. The van der Waals surface area contributed by atoms with Crippen molar-refractivity contribution in [2.24, 2.45) is 0 Å². The van der Waals surface area contributed by atoms with Crippen LogP contribution in [0.2, 0.25) is 0 Å². The number of H-pyrrole nitrogens is 1. The fourth-order valence-corrected chi connectivity index (χ4v) is 1.65. The Bertz CT molecular complexity index is 623. The number of fused-ring (bicyclic) bond motifs is 1. The van der Waals surface area contributed by atoms with Crippen LogP contribution in [-0.4, -0.2) is 11.3 Å². The van der Waals surface area contributed by atoms with Gasteiger partial charge in [0.1, 0.15) is 6.29 Å². The summed E-state index contributed by atoms with van der Waals surface area (Å²) >= 11 is 0. The molecular formula is C13H11NO2. The zero-order valence-corrected chi connectivity index (χ0v) is 8.86. The number of aromatic nitrogens is 1. The molecule has 1 N–H and O–H groups in total. The molecule has 1 aromatic heterocycles. The Morgan fingerprint density at radius 3 is 2.81 bits per heavy atom. The maximum Gasteiger partial charge on any atom is 0.189 e. The average molecular weight is 213 g/mol. The first-order valence-corrected chi connectivity index (χ1v) is 4.96. The number of hydrogen-bond acceptors (Lipinski definition) is 2. The Morgan fingerprint density at radius 1 is 1.25 bits per heavy atom. The largest absolute Gasteiger partial charge is 0.358 e. The first-order valence-electron chi connectivity index (χ1n) is 4.96. The zero-order valence-electron chi connectivity index (χ0n) is 8.86. The Kier molecular flexibility index (Phi) is 2.68. The summed E-state index contributed by atoms with van der Waals surface area (Å²) < 4.78 is 0. The third-order valence-electron chi connectivity index (χ3n) is 2.36. The number of hydrogen-bond donors (Lipinski definition) is 1. The number of rotatable bonds is 2. The maximum absolute atomic E-state index is 11.7. The van der Waals surface area contributed by atoms with Gasteiger partial charge in [-0.05, 0) is 30.7 Å². The molecule has 0 aliphatic rings. The van der Waals surface area contributed by atoms with Crippen LogP contribution in [0, 0.1) is 6.92 Å². The fourth-order valence-electron chi connectivity index (χ4n) is 1.65. The predicted octanol–water partition coefficient (Wildman–Crippen LogP) is 2.05. The highest BCUT2D eigenvalue weighted by Crippen LogP contribution is 2.12. The normalized spacial score (nSPS) is 11.1. The van der Waals surface area contributed by atoms with Gasteiger partial charge in [-0.25, -0.2) is 0 Å². The summed E-state index contributed by atoms with van der Waals surface area (Å²) in [4.78, 5) is 25.0. The van der Waals surface area contributed by atoms with Crippen molar-refractivity contribution in [3.05, 3.63) is 51.8 Å². The molecule has 0 aliphatic heterocycles. The van der Waals surface area contributed by atoms with E-state index in [2.05, 4.69) is 4.98 Å². The Hall–Kier alpha value is -2.16. The second-order valence-electron chi connectivity index (χ2n) is 3.62. The smallest absolute Gasteiger partial charge is 0.189 e. The van der Waals surface area contributed by atoms with Crippen LogP contribution in [0.4, 0.5) is 0 Å². The molecule has 0 amide bonds. The molecule has 0 unspecified atom stereocenters. The number of aldehydes is 1. The van der Waals surface area contributed by atoms with Crippen LogP contribution in [0.3, 0.4) is 0 Å². The summed E-state index contributed by atoms with van der Waals surface area (Å²) in [7, 11) is 0. The number of carbonyl (C=O) groups excluding carboxylic acids is 1. The third kappa shape index (κ3) is 1.93. The molecule has 2 rings (SSSR count). The van der Waals surface area contributed by atoms with Crippen LogP contribution < -0.4 is 5.43 Å². The summed E-state index contributed by atoms with van der Waals surface area (Å²) in [6, 6.07) is 7.04. The lowest BCUT2D eigenvalue weighted by atomic mass is 10.1. The van der Waals surface area contributed by atoms with Gasteiger partial charge in [0.2, 0.25) is 0 Å². The summed E-state index contributed by atoms with van der Waals surface area (Å²) in [5.74, 6) is 0. The topological polar surface area (TPSA) is 49.9 Å². The van der Waals surface area contributed by atoms with Crippen molar-refractivity contribution in [1.82, 2.24) is 4.98 Å². The summed E-state index contributed by atoms with van der Waals surface area (Å²) in [6.07, 6.45) is 3.79. The Labute approximate surface area is 92.4 Å². The molecule has 2 aromatic rings. The number of aryl methyl sites for hydroxylation is 1. The lowest BCUT2D eigenvalue weighted by Gasteiger charge is -2.00. The van der Waals surface area contributed by atoms with Crippen molar-refractivity contribution in [3.63, 3.8) is 0 Å². The van der Waals surface area contributed by atoms with Gasteiger partial charge in [0.15, 0.2) is 5.43 Å². The van der Waals surface area contributed by atoms with Gasteiger partial charge in [-0.2, -0.15) is 0 Å². The molecule has 1 aromatic carbocycles. The van der Waals surface area contributed by atoms with Gasteiger partial charge in [-0.3, -0.25) is 9.59 Å². The molecule has 0 spiro atoms. The summed E-state index contributed by atoms with van der Waals surface area (Å²) in [5.41, 5.74) is 2.49. The molecule has 0 radical (unpaired) electrons. The molecule has 3 nitrogen and oxygen atoms in total. The van der Waals surface area contributed by atoms with E-state index in [0.717, 1.165) is 16.8 Å². The predicted molar refractivity (Wildman–Crippen MR) is 64.4 cm³/mol. The van der Waals surface area contributed by atoms with Crippen molar-refractivity contribution in [2.75, 3.05) is 0 Å². The number of allylic oxidation sites excluding steroid dienone is 1. The van der Waals surface area contributed by atoms with E-state index in [4.69, 9.17) is 0 Å². The van der Waals surface area contributed by atoms with Crippen molar-refractivity contribution in [2.45, 2.75) is 6.92 Å². The second kappa shape index (κ2) is 4.14. The average Bonchev–Trinajstić information content (AvgIpc) is 2.26. The lowest BCUT2D eigenvalue weighted by molar-refractivity contribution is -0.104. The SMILES string of the molecule is Cc1cc(=O)c2cc(C=CC=O)ccc2[nH]1. The molecule has 0 atom stereocenters. The van der Waals surface area contributed by atoms with E-state index in [1.165, 1.54) is 6.08 Å². The molecular weight excluding hydrogens is 202 g/mol.